The van der Waals surface area contributed by atoms with E-state index in [-0.39, 0.29) is 17.3 Å². The second kappa shape index (κ2) is 8.56. The van der Waals surface area contributed by atoms with Crippen molar-refractivity contribution < 1.29 is 13.2 Å². The van der Waals surface area contributed by atoms with Gasteiger partial charge < -0.3 is 5.32 Å². The van der Waals surface area contributed by atoms with Crippen LogP contribution in [0.3, 0.4) is 0 Å². The highest BCUT2D eigenvalue weighted by atomic mass is 32.2. The van der Waals surface area contributed by atoms with E-state index < -0.39 is 10.0 Å². The maximum Gasteiger partial charge on any atom is 0.251 e. The zero-order valence-electron chi connectivity index (χ0n) is 17.4. The third-order valence-corrected chi connectivity index (χ3v) is 7.41. The number of hydrogen-bond acceptors (Lipinski definition) is 6. The van der Waals surface area contributed by atoms with Crippen LogP contribution < -0.4 is 5.32 Å². The number of aromatic nitrogens is 4. The van der Waals surface area contributed by atoms with E-state index in [0.29, 0.717) is 24.5 Å². The van der Waals surface area contributed by atoms with Gasteiger partial charge in [-0.15, -0.1) is 5.10 Å². The van der Waals surface area contributed by atoms with Gasteiger partial charge in [0.15, 0.2) is 5.82 Å². The molecular formula is C21H24N6O3S. The van der Waals surface area contributed by atoms with Gasteiger partial charge in [0.1, 0.15) is 0 Å². The molecule has 4 rings (SSSR count). The minimum atomic E-state index is -3.50. The molecule has 3 aromatic rings. The van der Waals surface area contributed by atoms with Crippen molar-refractivity contribution in [1.29, 1.82) is 0 Å². The van der Waals surface area contributed by atoms with Crippen LogP contribution in [0, 0.1) is 13.8 Å². The Labute approximate surface area is 181 Å². The van der Waals surface area contributed by atoms with Crippen LogP contribution in [0.15, 0.2) is 47.4 Å². The van der Waals surface area contributed by atoms with Crippen molar-refractivity contribution >= 4 is 15.9 Å². The van der Waals surface area contributed by atoms with Gasteiger partial charge in [-0.3, -0.25) is 4.79 Å². The first-order valence-electron chi connectivity index (χ1n) is 10.1. The lowest BCUT2D eigenvalue weighted by atomic mass is 10.1. The highest BCUT2D eigenvalue weighted by Crippen LogP contribution is 2.21. The quantitative estimate of drug-likeness (QED) is 0.628. The maximum absolute atomic E-state index is 12.6. The van der Waals surface area contributed by atoms with Gasteiger partial charge >= 0.3 is 0 Å². The van der Waals surface area contributed by atoms with E-state index in [9.17, 15) is 13.2 Å². The first-order chi connectivity index (χ1) is 14.9. The highest BCUT2D eigenvalue weighted by molar-refractivity contribution is 7.89. The second-order valence-electron chi connectivity index (χ2n) is 7.59. The highest BCUT2D eigenvalue weighted by Gasteiger charge is 2.27. The van der Waals surface area contributed by atoms with E-state index in [1.54, 1.807) is 4.68 Å². The number of aryl methyl sites for hydroxylation is 2. The van der Waals surface area contributed by atoms with Crippen molar-refractivity contribution in [1.82, 2.24) is 29.8 Å². The summed E-state index contributed by atoms with van der Waals surface area (Å²) in [6, 6.07) is 11.9. The number of hydrogen-bond donors (Lipinski definition) is 1. The monoisotopic (exact) mass is 440 g/mol. The van der Waals surface area contributed by atoms with Gasteiger partial charge in [0.2, 0.25) is 10.0 Å². The van der Waals surface area contributed by atoms with Gasteiger partial charge in [0, 0.05) is 18.7 Å². The molecule has 1 amide bonds. The van der Waals surface area contributed by atoms with Gasteiger partial charge in [0.05, 0.1) is 17.1 Å². The van der Waals surface area contributed by atoms with Crippen LogP contribution in [0.25, 0.3) is 5.69 Å². The Morgan fingerprint density at radius 3 is 2.42 bits per heavy atom. The molecule has 1 N–H and O–H groups in total. The Morgan fingerprint density at radius 2 is 1.74 bits per heavy atom. The first-order valence-corrected chi connectivity index (χ1v) is 11.5. The molecule has 1 aliphatic rings. The summed E-state index contributed by atoms with van der Waals surface area (Å²) in [5.41, 5.74) is 3.47. The van der Waals surface area contributed by atoms with Crippen molar-refractivity contribution in [3.63, 3.8) is 0 Å². The lowest BCUT2D eigenvalue weighted by Gasteiger charge is -2.15. The number of sulfonamides is 1. The largest absolute Gasteiger partial charge is 0.345 e. The Bertz CT molecular complexity index is 1200. The van der Waals surface area contributed by atoms with Crippen molar-refractivity contribution in [3.8, 4) is 5.69 Å². The molecule has 0 spiro atoms. The summed E-state index contributed by atoms with van der Waals surface area (Å²) >= 11 is 0. The lowest BCUT2D eigenvalue weighted by Crippen LogP contribution is -2.28. The first kappa shape index (κ1) is 21.1. The minimum Gasteiger partial charge on any atom is -0.345 e. The van der Waals surface area contributed by atoms with Crippen molar-refractivity contribution in [2.75, 3.05) is 13.1 Å². The SMILES string of the molecule is Cc1ccc(-n2nnnc2CNC(=O)c2ccc(S(=O)(=O)N3CCCC3)cc2)cc1C. The summed E-state index contributed by atoms with van der Waals surface area (Å²) in [6.45, 7) is 5.26. The molecule has 0 aliphatic carbocycles. The standard InChI is InChI=1S/C21H24N6O3S/c1-15-5-8-18(13-16(15)2)27-20(23-24-25-27)14-22-21(28)17-6-9-19(10-7-17)31(29,30)26-11-3-4-12-26/h5-10,13H,3-4,11-12,14H2,1-2H3,(H,22,28). The molecule has 0 radical (unpaired) electrons. The normalized spacial score (nSPS) is 14.6. The Hall–Kier alpha value is -3.11. The summed E-state index contributed by atoms with van der Waals surface area (Å²) in [5, 5.41) is 14.5. The zero-order chi connectivity index (χ0) is 22.0. The van der Waals surface area contributed by atoms with Crippen LogP contribution in [0.5, 0.6) is 0 Å². The number of nitrogens with zero attached hydrogens (tertiary/aromatic N) is 5. The van der Waals surface area contributed by atoms with Crippen LogP contribution in [0.2, 0.25) is 0 Å². The van der Waals surface area contributed by atoms with Gasteiger partial charge in [-0.05, 0) is 84.6 Å². The Balaban J connectivity index is 1.44. The molecule has 9 nitrogen and oxygen atoms in total. The van der Waals surface area contributed by atoms with Crippen LogP contribution >= 0.6 is 0 Å². The summed E-state index contributed by atoms with van der Waals surface area (Å²) in [4.78, 5) is 12.8. The smallest absolute Gasteiger partial charge is 0.251 e. The fraction of sp³-hybridized carbons (Fsp3) is 0.333. The van der Waals surface area contributed by atoms with Gasteiger partial charge in [-0.2, -0.15) is 8.99 Å². The molecule has 1 aromatic heterocycles. The van der Waals surface area contributed by atoms with Crippen molar-refractivity contribution in [2.24, 2.45) is 0 Å². The third-order valence-electron chi connectivity index (χ3n) is 5.50. The fourth-order valence-electron chi connectivity index (χ4n) is 3.49. The van der Waals surface area contributed by atoms with Gasteiger partial charge in [0.25, 0.3) is 5.91 Å². The number of amides is 1. The summed E-state index contributed by atoms with van der Waals surface area (Å²) in [5.74, 6) is 0.157. The Kier molecular flexibility index (Phi) is 5.84. The number of carbonyl (C=O) groups excluding carboxylic acids is 1. The molecule has 1 fully saturated rings. The summed E-state index contributed by atoms with van der Waals surface area (Å²) < 4.78 is 28.3. The number of benzene rings is 2. The number of tetrazole rings is 1. The average molecular weight is 441 g/mol. The van der Waals surface area contributed by atoms with E-state index in [1.807, 2.05) is 32.0 Å². The minimum absolute atomic E-state index is 0.132. The molecular weight excluding hydrogens is 416 g/mol. The molecule has 2 heterocycles. The van der Waals surface area contributed by atoms with E-state index in [2.05, 4.69) is 20.8 Å². The summed E-state index contributed by atoms with van der Waals surface area (Å²) in [6.07, 6.45) is 1.75. The lowest BCUT2D eigenvalue weighted by molar-refractivity contribution is 0.0949. The summed E-state index contributed by atoms with van der Waals surface area (Å²) in [7, 11) is -3.50. The molecule has 0 bridgehead atoms. The topological polar surface area (TPSA) is 110 Å². The number of rotatable bonds is 6. The van der Waals surface area contributed by atoms with Gasteiger partial charge in [-0.1, -0.05) is 6.07 Å². The molecule has 0 saturated carbocycles. The predicted molar refractivity (Wildman–Crippen MR) is 114 cm³/mol. The van der Waals surface area contributed by atoms with Gasteiger partial charge in [-0.25, -0.2) is 8.42 Å². The average Bonchev–Trinajstić information content (AvgIpc) is 3.46. The number of carbonyl (C=O) groups is 1. The van der Waals surface area contributed by atoms with Crippen LogP contribution in [0.1, 0.15) is 40.2 Å². The van der Waals surface area contributed by atoms with Crippen LogP contribution in [-0.2, 0) is 16.6 Å². The number of nitrogens with one attached hydrogen (secondary N) is 1. The molecule has 31 heavy (non-hydrogen) atoms. The van der Waals surface area contributed by atoms with Crippen molar-refractivity contribution in [2.45, 2.75) is 38.1 Å². The van der Waals surface area contributed by atoms with E-state index in [4.69, 9.17) is 0 Å². The molecule has 1 aliphatic heterocycles. The molecule has 162 valence electrons. The Morgan fingerprint density at radius 1 is 1.03 bits per heavy atom. The van der Waals surface area contributed by atoms with E-state index in [1.165, 1.54) is 34.1 Å². The zero-order valence-corrected chi connectivity index (χ0v) is 18.3. The third kappa shape index (κ3) is 4.35. The second-order valence-corrected chi connectivity index (χ2v) is 9.53. The predicted octanol–water partition coefficient (Wildman–Crippen LogP) is 1.99. The fourth-order valence-corrected chi connectivity index (χ4v) is 5.01. The van der Waals surface area contributed by atoms with Crippen LogP contribution in [0.4, 0.5) is 0 Å². The van der Waals surface area contributed by atoms with E-state index >= 15 is 0 Å². The molecule has 0 unspecified atom stereocenters. The van der Waals surface area contributed by atoms with Crippen molar-refractivity contribution in [3.05, 3.63) is 65.0 Å². The molecule has 1 saturated heterocycles. The van der Waals surface area contributed by atoms with Crippen LogP contribution in [-0.4, -0.2) is 51.9 Å². The molecule has 10 heteroatoms. The molecule has 2 aromatic carbocycles. The molecule has 0 atom stereocenters. The maximum atomic E-state index is 12.6. The van der Waals surface area contributed by atoms with E-state index in [0.717, 1.165) is 24.1 Å².